The molecule has 105 heavy (non-hydrogen) atoms. The van der Waals surface area contributed by atoms with Crippen LogP contribution in [0.3, 0.4) is 0 Å². The number of carbonyl (C=O) groups excluding carboxylic acids is 5. The zero-order valence-corrected chi connectivity index (χ0v) is 68.2. The largest absolute Gasteiger partial charge is 1.00 e. The zero-order chi connectivity index (χ0) is 74.4. The van der Waals surface area contributed by atoms with E-state index in [0.29, 0.717) is 17.4 Å². The summed E-state index contributed by atoms with van der Waals surface area (Å²) >= 11 is 0. The van der Waals surface area contributed by atoms with Gasteiger partial charge in [0.2, 0.25) is 11.8 Å². The minimum absolute atomic E-state index is 0. The van der Waals surface area contributed by atoms with Crippen molar-refractivity contribution in [1.82, 2.24) is 66.5 Å². The summed E-state index contributed by atoms with van der Waals surface area (Å²) in [6.45, 7) is 36.1. The number of hydrogen-bond donors (Lipinski definition) is 9. The molecule has 4 heterocycles. The summed E-state index contributed by atoms with van der Waals surface area (Å²) in [6, 6.07) is 49.5. The van der Waals surface area contributed by atoms with Crippen LogP contribution < -0.4 is 64.3 Å². The van der Waals surface area contributed by atoms with Gasteiger partial charge in [-0.05, 0) is 107 Å². The molecule has 0 saturated carbocycles. The Morgan fingerprint density at radius 2 is 0.762 bits per heavy atom. The van der Waals surface area contributed by atoms with Crippen molar-refractivity contribution < 1.29 is 74.0 Å². The van der Waals surface area contributed by atoms with Crippen molar-refractivity contribution in [2.75, 3.05) is 20.1 Å². The number of aromatic amines is 4. The second kappa shape index (κ2) is 47.9. The number of aromatic nitrogens is 8. The molecule has 0 spiro atoms. The van der Waals surface area contributed by atoms with Crippen molar-refractivity contribution in [2.24, 2.45) is 35.5 Å². The molecule has 9 aromatic rings. The molecule has 6 radical (unpaired) electrons. The molecular weight excluding hydrogens is 1330 g/mol. The van der Waals surface area contributed by atoms with Crippen LogP contribution in [0.5, 0.6) is 0 Å². The molecule has 0 bridgehead atoms. The molecule has 4 aromatic heterocycles. The summed E-state index contributed by atoms with van der Waals surface area (Å²) in [7, 11) is 1.97. The molecule has 3 amide bonds. The second-order valence-electron chi connectivity index (χ2n) is 28.4. The number of alkyl carbamates (subject to hydrolysis) is 1. The Labute approximate surface area is 672 Å². The Bertz CT molecular complexity index is 3910. The Morgan fingerprint density at radius 3 is 1.06 bits per heavy atom. The molecule has 20 nitrogen and oxygen atoms in total. The van der Waals surface area contributed by atoms with Crippen LogP contribution in [-0.2, 0) is 23.9 Å². The molecule has 24 heteroatoms. The number of carbonyl (C=O) groups is 5. The first-order valence-electron chi connectivity index (χ1n) is 35.0. The monoisotopic (exact) mass is 1450 g/mol. The standard InChI is InChI=1S/C19H27NO4.C18H25N3O2.C15H19N3O.C15H21N3.C14H19N3.2Al.2Li.2H/c1-13(2)15(11-17(22)24-19(3,4)5)18(23)20-12-16(21)14-9-7-6-8-10-14;1-12(2)15(21-17(22)23-18(3,4)5)16-19-11-14(20-16)13-9-7-6-8-10-13;1-10(2)14(17-11(3)19)15-16-9-13(18-15)12-7-5-4-6-8-12;1-4-16-14(11(2)3)15-17-10-13(18-15)12-8-6-5-7-9-12;1-10(2)13(15-3)14-16-9-12(17-14)11-7-5-4-6-8-11;;;;;;/h6-10,13,15H,11-12H2,1-5H3,(H,20,23);6-12,15H,1-5H3,(H,19,20)(H,21,22);4-10,14H,1-3H3,(H,16,18)(H,17,19);5-11,14,16H,4H2,1-3H3,(H,17,18);4-10,13,15H,1-3H3,(H,16,17);;;;;;/q;;;;;;;2*+1;2*-1/t;15-;2*14-;13-;;;;;;/m.0000....../s1. The Morgan fingerprint density at radius 1 is 0.448 bits per heavy atom. The number of imidazole rings is 4. The number of ketones is 1. The third kappa shape index (κ3) is 33.4. The van der Waals surface area contributed by atoms with Gasteiger partial charge in [-0.25, -0.2) is 24.7 Å². The third-order valence-electron chi connectivity index (χ3n) is 15.8. The number of benzene rings is 5. The van der Waals surface area contributed by atoms with Crippen LogP contribution in [-0.4, -0.2) is 136 Å². The Hall–Kier alpha value is -7.53. The van der Waals surface area contributed by atoms with Crippen molar-refractivity contribution >= 4 is 64.4 Å². The minimum Gasteiger partial charge on any atom is -1.00 e. The van der Waals surface area contributed by atoms with E-state index in [-0.39, 0.29) is 148 Å². The van der Waals surface area contributed by atoms with E-state index in [0.717, 1.165) is 63.7 Å². The van der Waals surface area contributed by atoms with Gasteiger partial charge in [0, 0.05) is 47.2 Å². The number of nitrogens with one attached hydrogen (secondary N) is 9. The van der Waals surface area contributed by atoms with Gasteiger partial charge in [0.05, 0.1) is 90.6 Å². The van der Waals surface area contributed by atoms with E-state index in [4.69, 9.17) is 9.47 Å². The van der Waals surface area contributed by atoms with Crippen molar-refractivity contribution in [3.8, 4) is 45.0 Å². The number of hydrogen-bond acceptors (Lipinski definition) is 13. The smallest absolute Gasteiger partial charge is 1.00 e. The topological polar surface area (TPSA) is 279 Å². The van der Waals surface area contributed by atoms with E-state index >= 15 is 0 Å². The quantitative estimate of drug-likeness (QED) is 0.0155. The third-order valence-corrected chi connectivity index (χ3v) is 15.8. The molecule has 0 aliphatic rings. The van der Waals surface area contributed by atoms with Crippen molar-refractivity contribution in [1.29, 1.82) is 0 Å². The first-order chi connectivity index (χ1) is 47.9. The average molecular weight is 1450 g/mol. The maximum atomic E-state index is 12.4. The van der Waals surface area contributed by atoms with E-state index in [1.165, 1.54) is 18.1 Å². The number of ether oxygens (including phenoxy) is 2. The maximum Gasteiger partial charge on any atom is 1.00 e. The normalized spacial score (nSPS) is 12.3. The minimum atomic E-state index is -0.585. The van der Waals surface area contributed by atoms with Crippen LogP contribution in [0.1, 0.15) is 192 Å². The maximum absolute atomic E-state index is 12.4. The van der Waals surface area contributed by atoms with Crippen LogP contribution in [0, 0.1) is 35.5 Å². The SMILES string of the molecule is CC(=O)N[C@H](c1ncc(-c2ccccc2)[nH]1)C(C)C.CC(C)C(CC(=O)OC(C)(C)C)C(=O)NCC(=O)c1ccccc1.CC(C)[C@H](NC(=O)OC(C)(C)C)c1ncc(-c2ccccc2)[nH]1.CCN[C@H](c1ncc(-c2ccccc2)[nH]1)C(C)C.CN[C@H](c1ncc(-c2ccccc2)[nH]1)C(C)C.[Al].[Al].[H-].[H-].[Li+].[Li+]. The van der Waals surface area contributed by atoms with Gasteiger partial charge in [0.25, 0.3) is 0 Å². The number of rotatable bonds is 24. The number of H-pyrrole nitrogens is 4. The van der Waals surface area contributed by atoms with Crippen LogP contribution in [0.2, 0.25) is 0 Å². The van der Waals surface area contributed by atoms with E-state index in [1.807, 2.05) is 177 Å². The van der Waals surface area contributed by atoms with E-state index in [1.54, 1.807) is 51.2 Å². The second-order valence-corrected chi connectivity index (χ2v) is 28.4. The van der Waals surface area contributed by atoms with E-state index in [2.05, 4.69) is 139 Å². The molecule has 0 aliphatic carbocycles. The first kappa shape index (κ1) is 95.5. The summed E-state index contributed by atoms with van der Waals surface area (Å²) in [5.41, 5.74) is 7.98. The predicted octanol–water partition coefficient (Wildman–Crippen LogP) is 10.0. The van der Waals surface area contributed by atoms with Gasteiger partial charge in [-0.1, -0.05) is 228 Å². The van der Waals surface area contributed by atoms with Crippen molar-refractivity contribution in [2.45, 2.75) is 166 Å². The summed E-state index contributed by atoms with van der Waals surface area (Å²) < 4.78 is 10.6. The molecule has 5 atom stereocenters. The van der Waals surface area contributed by atoms with Crippen molar-refractivity contribution in [3.05, 3.63) is 205 Å². The fourth-order valence-corrected chi connectivity index (χ4v) is 10.7. The van der Waals surface area contributed by atoms with E-state index in [9.17, 15) is 24.0 Å². The predicted molar refractivity (Wildman–Crippen MR) is 419 cm³/mol. The summed E-state index contributed by atoms with van der Waals surface area (Å²) in [5.74, 6) is 3.53. The molecule has 0 fully saturated rings. The average Bonchev–Trinajstić information content (AvgIpc) is 1.73. The molecule has 0 aliphatic heterocycles. The van der Waals surface area contributed by atoms with Gasteiger partial charge >= 0.3 is 49.8 Å². The molecule has 9 N–H and O–H groups in total. The zero-order valence-electron chi connectivity index (χ0n) is 67.9. The Balaban J connectivity index is 0. The fourth-order valence-electron chi connectivity index (χ4n) is 10.7. The molecule has 5 aromatic carbocycles. The number of nitrogens with zero attached hydrogens (tertiary/aromatic N) is 4. The van der Waals surface area contributed by atoms with Crippen molar-refractivity contribution in [3.63, 3.8) is 0 Å². The Kier molecular flexibility index (Phi) is 43.6. The fraction of sp³-hybridized carbons (Fsp3) is 0.420. The van der Waals surface area contributed by atoms with Crippen LogP contribution in [0.25, 0.3) is 45.0 Å². The van der Waals surface area contributed by atoms with Crippen LogP contribution in [0.4, 0.5) is 4.79 Å². The van der Waals surface area contributed by atoms with Gasteiger partial charge < -0.3 is 58.8 Å². The molecule has 9 rings (SSSR count). The van der Waals surface area contributed by atoms with Gasteiger partial charge in [-0.3, -0.25) is 19.2 Å². The van der Waals surface area contributed by atoms with Crippen LogP contribution in [0.15, 0.2) is 176 Å². The molecule has 552 valence electrons. The molecule has 1 unspecified atom stereocenters. The van der Waals surface area contributed by atoms with Gasteiger partial charge in [0.1, 0.15) is 34.5 Å². The number of Topliss-reactive ketones (excluding diaryl/α,β-unsaturated/α-hetero) is 1. The summed E-state index contributed by atoms with van der Waals surface area (Å²) in [6.07, 6.45) is 6.97. The van der Waals surface area contributed by atoms with E-state index < -0.39 is 29.2 Å². The molecule has 0 saturated heterocycles. The number of amides is 3. The van der Waals surface area contributed by atoms with Gasteiger partial charge in [0.15, 0.2) is 5.78 Å². The summed E-state index contributed by atoms with van der Waals surface area (Å²) in [5, 5.41) is 15.2. The molecular formula is C81H113Al2Li2N13O7. The first-order valence-corrected chi connectivity index (χ1v) is 35.0. The summed E-state index contributed by atoms with van der Waals surface area (Å²) in [4.78, 5) is 90.9. The van der Waals surface area contributed by atoms with Crippen LogP contribution >= 0.6 is 0 Å². The number of esters is 1. The van der Waals surface area contributed by atoms with Gasteiger partial charge in [-0.2, -0.15) is 0 Å². The van der Waals surface area contributed by atoms with Gasteiger partial charge in [-0.15, -0.1) is 0 Å².